The summed E-state index contributed by atoms with van der Waals surface area (Å²) in [6, 6.07) is 1.29. The largest absolute Gasteiger partial charge is 0.479 e. The molecule has 0 saturated heterocycles. The molecule has 0 radical (unpaired) electrons. The number of rotatable bonds is 6. The second-order valence-electron chi connectivity index (χ2n) is 3.57. The SMILES string of the molecule is CCCNC(=O)[C@H](C)OC(=O)c1cc(OC)no1. The lowest BCUT2D eigenvalue weighted by molar-refractivity contribution is -0.129. The van der Waals surface area contributed by atoms with Gasteiger partial charge in [-0.05, 0) is 18.5 Å². The minimum absolute atomic E-state index is 0.109. The monoisotopic (exact) mass is 256 g/mol. The second-order valence-corrected chi connectivity index (χ2v) is 3.57. The first kappa shape index (κ1) is 14.0. The fourth-order valence-corrected chi connectivity index (χ4v) is 1.12. The van der Waals surface area contributed by atoms with Crippen molar-refractivity contribution in [3.8, 4) is 5.88 Å². The van der Waals surface area contributed by atoms with Crippen LogP contribution in [0.1, 0.15) is 30.8 Å². The molecule has 0 aliphatic carbocycles. The molecule has 1 rings (SSSR count). The molecule has 1 atom stereocenters. The molecule has 7 heteroatoms. The first-order valence-electron chi connectivity index (χ1n) is 5.57. The van der Waals surface area contributed by atoms with E-state index in [1.165, 1.54) is 20.1 Å². The van der Waals surface area contributed by atoms with E-state index in [0.717, 1.165) is 6.42 Å². The Labute approximate surface area is 104 Å². The molecule has 7 nitrogen and oxygen atoms in total. The van der Waals surface area contributed by atoms with Gasteiger partial charge in [-0.2, -0.15) is 0 Å². The third kappa shape index (κ3) is 3.76. The molecule has 1 heterocycles. The van der Waals surface area contributed by atoms with Crippen molar-refractivity contribution in [2.45, 2.75) is 26.4 Å². The first-order valence-corrected chi connectivity index (χ1v) is 5.57. The molecular weight excluding hydrogens is 240 g/mol. The molecule has 1 N–H and O–H groups in total. The maximum Gasteiger partial charge on any atom is 0.378 e. The summed E-state index contributed by atoms with van der Waals surface area (Å²) < 4.78 is 14.4. The van der Waals surface area contributed by atoms with E-state index >= 15 is 0 Å². The Kier molecular flexibility index (Phi) is 5.16. The van der Waals surface area contributed by atoms with Crippen molar-refractivity contribution < 1.29 is 23.6 Å². The van der Waals surface area contributed by atoms with Gasteiger partial charge in [-0.3, -0.25) is 4.79 Å². The third-order valence-corrected chi connectivity index (χ3v) is 2.10. The summed E-state index contributed by atoms with van der Waals surface area (Å²) in [6.45, 7) is 3.95. The van der Waals surface area contributed by atoms with Crippen LogP contribution in [-0.4, -0.2) is 36.8 Å². The average molecular weight is 256 g/mol. The van der Waals surface area contributed by atoms with Gasteiger partial charge in [0.2, 0.25) is 5.76 Å². The number of methoxy groups -OCH3 is 1. The third-order valence-electron chi connectivity index (χ3n) is 2.10. The van der Waals surface area contributed by atoms with Crippen LogP contribution in [0, 0.1) is 0 Å². The standard InChI is InChI=1S/C11H16N2O5/c1-4-5-12-10(14)7(2)17-11(15)8-6-9(16-3)13-18-8/h6-7H,4-5H2,1-3H3,(H,12,14)/t7-/m0/s1. The number of hydrogen-bond donors (Lipinski definition) is 1. The highest BCUT2D eigenvalue weighted by Crippen LogP contribution is 2.12. The van der Waals surface area contributed by atoms with Gasteiger partial charge in [-0.25, -0.2) is 4.79 Å². The van der Waals surface area contributed by atoms with Gasteiger partial charge in [0.25, 0.3) is 11.8 Å². The van der Waals surface area contributed by atoms with E-state index in [2.05, 4.69) is 10.5 Å². The molecule has 18 heavy (non-hydrogen) atoms. The lowest BCUT2D eigenvalue weighted by Crippen LogP contribution is -2.36. The zero-order valence-electron chi connectivity index (χ0n) is 10.6. The van der Waals surface area contributed by atoms with E-state index in [4.69, 9.17) is 14.0 Å². The molecule has 1 aromatic rings. The topological polar surface area (TPSA) is 90.7 Å². The highest BCUT2D eigenvalue weighted by molar-refractivity contribution is 5.90. The Balaban J connectivity index is 2.51. The highest BCUT2D eigenvalue weighted by Gasteiger charge is 2.21. The molecule has 100 valence electrons. The summed E-state index contributed by atoms with van der Waals surface area (Å²) in [7, 11) is 1.40. The molecule has 0 bridgehead atoms. The van der Waals surface area contributed by atoms with Gasteiger partial charge in [0.1, 0.15) is 0 Å². The van der Waals surface area contributed by atoms with E-state index in [9.17, 15) is 9.59 Å². The van der Waals surface area contributed by atoms with Gasteiger partial charge in [0, 0.05) is 6.54 Å². The summed E-state index contributed by atoms with van der Waals surface area (Å²) in [5.74, 6) is -1.05. The van der Waals surface area contributed by atoms with Crippen LogP contribution >= 0.6 is 0 Å². The molecule has 1 aromatic heterocycles. The summed E-state index contributed by atoms with van der Waals surface area (Å²) in [4.78, 5) is 23.0. The van der Waals surface area contributed by atoms with E-state index in [0.29, 0.717) is 6.54 Å². The molecule has 0 aliphatic rings. The number of nitrogens with zero attached hydrogens (tertiary/aromatic N) is 1. The van der Waals surface area contributed by atoms with Crippen LogP contribution in [0.25, 0.3) is 0 Å². The Bertz CT molecular complexity index is 415. The van der Waals surface area contributed by atoms with Gasteiger partial charge in [0.05, 0.1) is 13.2 Å². The van der Waals surface area contributed by atoms with E-state index in [1.807, 2.05) is 6.92 Å². The molecular formula is C11H16N2O5. The number of carbonyl (C=O) groups is 2. The number of hydrogen-bond acceptors (Lipinski definition) is 6. The van der Waals surface area contributed by atoms with Gasteiger partial charge >= 0.3 is 5.97 Å². The fraction of sp³-hybridized carbons (Fsp3) is 0.545. The number of nitrogens with one attached hydrogen (secondary N) is 1. The van der Waals surface area contributed by atoms with Crippen molar-refractivity contribution in [1.29, 1.82) is 0 Å². The fourth-order valence-electron chi connectivity index (χ4n) is 1.12. The van der Waals surface area contributed by atoms with Crippen LogP contribution in [0.4, 0.5) is 0 Å². The number of ether oxygens (including phenoxy) is 2. The van der Waals surface area contributed by atoms with Crippen molar-refractivity contribution in [3.05, 3.63) is 11.8 Å². The Morgan fingerprint density at radius 1 is 1.56 bits per heavy atom. The summed E-state index contributed by atoms with van der Waals surface area (Å²) >= 11 is 0. The van der Waals surface area contributed by atoms with Crippen molar-refractivity contribution in [1.82, 2.24) is 10.5 Å². The minimum atomic E-state index is -0.889. The maximum absolute atomic E-state index is 11.6. The Hall–Kier alpha value is -2.05. The number of amides is 1. The van der Waals surface area contributed by atoms with Crippen LogP contribution < -0.4 is 10.1 Å². The Morgan fingerprint density at radius 3 is 2.83 bits per heavy atom. The van der Waals surface area contributed by atoms with Gasteiger partial charge < -0.3 is 19.3 Å². The second kappa shape index (κ2) is 6.63. The van der Waals surface area contributed by atoms with Crippen molar-refractivity contribution >= 4 is 11.9 Å². The lowest BCUT2D eigenvalue weighted by atomic mass is 10.3. The van der Waals surface area contributed by atoms with Crippen LogP contribution in [-0.2, 0) is 9.53 Å². The molecule has 0 fully saturated rings. The van der Waals surface area contributed by atoms with Crippen molar-refractivity contribution in [2.24, 2.45) is 0 Å². The summed E-state index contributed by atoms with van der Waals surface area (Å²) in [6.07, 6.45) is -0.0775. The molecule has 0 aromatic carbocycles. The Morgan fingerprint density at radius 2 is 2.28 bits per heavy atom. The molecule has 0 unspecified atom stereocenters. The van der Waals surface area contributed by atoms with Gasteiger partial charge in [-0.15, -0.1) is 0 Å². The molecule has 0 aliphatic heterocycles. The predicted octanol–water partition coefficient (Wildman–Crippen LogP) is 0.755. The molecule has 0 spiro atoms. The van der Waals surface area contributed by atoms with Gasteiger partial charge in [0.15, 0.2) is 6.10 Å². The number of carbonyl (C=O) groups excluding carboxylic acids is 2. The van der Waals surface area contributed by atoms with Crippen LogP contribution in [0.5, 0.6) is 5.88 Å². The lowest BCUT2D eigenvalue weighted by Gasteiger charge is -2.11. The maximum atomic E-state index is 11.6. The van der Waals surface area contributed by atoms with Crippen LogP contribution in [0.15, 0.2) is 10.6 Å². The summed E-state index contributed by atoms with van der Waals surface area (Å²) in [5.41, 5.74) is 0. The minimum Gasteiger partial charge on any atom is -0.479 e. The normalized spacial score (nSPS) is 11.7. The average Bonchev–Trinajstić information content (AvgIpc) is 2.84. The quantitative estimate of drug-likeness (QED) is 0.755. The van der Waals surface area contributed by atoms with Crippen LogP contribution in [0.2, 0.25) is 0 Å². The number of esters is 1. The van der Waals surface area contributed by atoms with E-state index in [-0.39, 0.29) is 17.5 Å². The first-order chi connectivity index (χ1) is 8.58. The van der Waals surface area contributed by atoms with Crippen molar-refractivity contribution in [3.63, 3.8) is 0 Å². The van der Waals surface area contributed by atoms with E-state index in [1.54, 1.807) is 0 Å². The van der Waals surface area contributed by atoms with Crippen LogP contribution in [0.3, 0.4) is 0 Å². The highest BCUT2D eigenvalue weighted by atomic mass is 16.6. The molecule has 1 amide bonds. The van der Waals surface area contributed by atoms with Gasteiger partial charge in [-0.1, -0.05) is 6.92 Å². The zero-order chi connectivity index (χ0) is 13.5. The number of aromatic nitrogens is 1. The van der Waals surface area contributed by atoms with Crippen molar-refractivity contribution in [2.75, 3.05) is 13.7 Å². The smallest absolute Gasteiger partial charge is 0.378 e. The predicted molar refractivity (Wildman–Crippen MR) is 61.2 cm³/mol. The molecule has 0 saturated carbocycles. The van der Waals surface area contributed by atoms with E-state index < -0.39 is 12.1 Å². The zero-order valence-corrected chi connectivity index (χ0v) is 10.6. The summed E-state index contributed by atoms with van der Waals surface area (Å²) in [5, 5.41) is 6.08.